The average molecular weight is 351 g/mol. The van der Waals surface area contributed by atoms with Gasteiger partial charge < -0.3 is 9.47 Å². The van der Waals surface area contributed by atoms with Gasteiger partial charge in [-0.3, -0.25) is 4.90 Å². The minimum absolute atomic E-state index is 0.242. The lowest BCUT2D eigenvalue weighted by Crippen LogP contribution is -2.39. The summed E-state index contributed by atoms with van der Waals surface area (Å²) in [6.45, 7) is 3.25. The summed E-state index contributed by atoms with van der Waals surface area (Å²) in [6.07, 6.45) is 5.55. The number of likely N-dealkylation sites (tertiary alicyclic amines) is 1. The van der Waals surface area contributed by atoms with Gasteiger partial charge in [-0.05, 0) is 43.0 Å². The first-order valence-electron chi connectivity index (χ1n) is 8.34. The SMILES string of the molecule is COc1cccc2c1OCC(CN1CCC[C@H](CS(C)(=O)=O)C1)=C2. The molecule has 1 fully saturated rings. The Balaban J connectivity index is 1.67. The van der Waals surface area contributed by atoms with Crippen molar-refractivity contribution in [1.29, 1.82) is 0 Å². The number of ether oxygens (including phenoxy) is 2. The van der Waals surface area contributed by atoms with E-state index in [2.05, 4.69) is 11.0 Å². The van der Waals surface area contributed by atoms with E-state index < -0.39 is 9.84 Å². The van der Waals surface area contributed by atoms with Crippen LogP contribution in [-0.4, -0.2) is 58.7 Å². The van der Waals surface area contributed by atoms with E-state index in [1.807, 2.05) is 18.2 Å². The molecule has 1 atom stereocenters. The second kappa shape index (κ2) is 7.15. The summed E-state index contributed by atoms with van der Waals surface area (Å²) in [7, 11) is -1.26. The van der Waals surface area contributed by atoms with Gasteiger partial charge in [0.25, 0.3) is 0 Å². The van der Waals surface area contributed by atoms with E-state index in [4.69, 9.17) is 9.47 Å². The molecule has 0 bridgehead atoms. The van der Waals surface area contributed by atoms with E-state index in [-0.39, 0.29) is 5.92 Å². The smallest absolute Gasteiger partial charge is 0.168 e. The predicted molar refractivity (Wildman–Crippen MR) is 95.3 cm³/mol. The van der Waals surface area contributed by atoms with E-state index >= 15 is 0 Å². The standard InChI is InChI=1S/C18H25NO4S/c1-22-17-7-3-6-16-9-15(12-23-18(16)17)11-19-8-4-5-14(10-19)13-24(2,20)21/h3,6-7,9,14H,4-5,8,10-13H2,1-2H3/t14-/m0/s1. The zero-order valence-electron chi connectivity index (χ0n) is 14.3. The van der Waals surface area contributed by atoms with E-state index in [9.17, 15) is 8.42 Å². The summed E-state index contributed by atoms with van der Waals surface area (Å²) in [5.74, 6) is 2.09. The van der Waals surface area contributed by atoms with Crippen LogP contribution >= 0.6 is 0 Å². The molecule has 3 rings (SSSR count). The summed E-state index contributed by atoms with van der Waals surface area (Å²) in [6, 6.07) is 5.89. The average Bonchev–Trinajstić information content (AvgIpc) is 2.52. The van der Waals surface area contributed by atoms with Gasteiger partial charge in [-0.15, -0.1) is 0 Å². The largest absolute Gasteiger partial charge is 0.493 e. The zero-order chi connectivity index (χ0) is 17.2. The molecular weight excluding hydrogens is 326 g/mol. The van der Waals surface area contributed by atoms with Crippen molar-refractivity contribution in [2.45, 2.75) is 12.8 Å². The van der Waals surface area contributed by atoms with Crippen LogP contribution < -0.4 is 9.47 Å². The summed E-state index contributed by atoms with van der Waals surface area (Å²) in [5.41, 5.74) is 2.26. The van der Waals surface area contributed by atoms with E-state index in [1.54, 1.807) is 7.11 Å². The highest BCUT2D eigenvalue weighted by atomic mass is 32.2. The van der Waals surface area contributed by atoms with Crippen LogP contribution in [0.2, 0.25) is 0 Å². The third kappa shape index (κ3) is 4.30. The fraction of sp³-hybridized carbons (Fsp3) is 0.556. The number of benzene rings is 1. The number of methoxy groups -OCH3 is 1. The maximum Gasteiger partial charge on any atom is 0.168 e. The van der Waals surface area contributed by atoms with Crippen molar-refractivity contribution < 1.29 is 17.9 Å². The van der Waals surface area contributed by atoms with E-state index in [0.29, 0.717) is 12.4 Å². The summed E-state index contributed by atoms with van der Waals surface area (Å²) in [5, 5.41) is 0. The molecule has 1 aromatic carbocycles. The highest BCUT2D eigenvalue weighted by molar-refractivity contribution is 7.90. The van der Waals surface area contributed by atoms with Crippen LogP contribution in [0.4, 0.5) is 0 Å². The van der Waals surface area contributed by atoms with Crippen LogP contribution in [0.3, 0.4) is 0 Å². The van der Waals surface area contributed by atoms with Crippen molar-refractivity contribution in [3.63, 3.8) is 0 Å². The third-order valence-electron chi connectivity index (χ3n) is 4.56. The third-order valence-corrected chi connectivity index (χ3v) is 5.64. The van der Waals surface area contributed by atoms with Gasteiger partial charge in [0.1, 0.15) is 16.4 Å². The van der Waals surface area contributed by atoms with E-state index in [0.717, 1.165) is 49.5 Å². The van der Waals surface area contributed by atoms with Crippen LogP contribution in [0.1, 0.15) is 18.4 Å². The Labute approximate surface area is 144 Å². The number of para-hydroxylation sites is 1. The fourth-order valence-electron chi connectivity index (χ4n) is 3.63. The minimum Gasteiger partial charge on any atom is -0.493 e. The molecule has 5 nitrogen and oxygen atoms in total. The zero-order valence-corrected chi connectivity index (χ0v) is 15.1. The molecule has 0 N–H and O–H groups in total. The summed E-state index contributed by atoms with van der Waals surface area (Å²) >= 11 is 0. The Morgan fingerprint density at radius 1 is 1.38 bits per heavy atom. The Hall–Kier alpha value is -1.53. The van der Waals surface area contributed by atoms with Crippen LogP contribution in [0, 0.1) is 5.92 Å². The Bertz CT molecular complexity index is 727. The lowest BCUT2D eigenvalue weighted by molar-refractivity contribution is 0.192. The van der Waals surface area contributed by atoms with Crippen molar-refractivity contribution in [3.8, 4) is 11.5 Å². The van der Waals surface area contributed by atoms with Gasteiger partial charge in [0.15, 0.2) is 11.5 Å². The quantitative estimate of drug-likeness (QED) is 0.814. The first-order chi connectivity index (χ1) is 11.4. The molecule has 6 heteroatoms. The van der Waals surface area contributed by atoms with Gasteiger partial charge in [-0.1, -0.05) is 12.1 Å². The molecule has 0 spiro atoms. The number of sulfone groups is 1. The highest BCUT2D eigenvalue weighted by Crippen LogP contribution is 2.35. The second-order valence-electron chi connectivity index (χ2n) is 6.81. The molecule has 0 radical (unpaired) electrons. The molecule has 0 amide bonds. The Morgan fingerprint density at radius 2 is 2.21 bits per heavy atom. The molecule has 2 aliphatic rings. The van der Waals surface area contributed by atoms with Crippen molar-refractivity contribution >= 4 is 15.9 Å². The second-order valence-corrected chi connectivity index (χ2v) is 8.99. The van der Waals surface area contributed by atoms with Gasteiger partial charge in [0, 0.05) is 24.9 Å². The molecule has 2 aliphatic heterocycles. The first kappa shape index (κ1) is 17.3. The molecule has 24 heavy (non-hydrogen) atoms. The monoisotopic (exact) mass is 351 g/mol. The van der Waals surface area contributed by atoms with Crippen LogP contribution in [-0.2, 0) is 9.84 Å². The van der Waals surface area contributed by atoms with Crippen molar-refractivity contribution in [3.05, 3.63) is 29.3 Å². The number of hydrogen-bond acceptors (Lipinski definition) is 5. The lowest BCUT2D eigenvalue weighted by atomic mass is 9.99. The molecule has 1 saturated heterocycles. The summed E-state index contributed by atoms with van der Waals surface area (Å²) in [4.78, 5) is 2.35. The number of rotatable bonds is 5. The number of piperidine rings is 1. The molecule has 2 heterocycles. The number of nitrogens with zero attached hydrogens (tertiary/aromatic N) is 1. The normalized spacial score (nSPS) is 21.6. The number of fused-ring (bicyclic) bond motifs is 1. The molecule has 0 aliphatic carbocycles. The molecular formula is C18H25NO4S. The van der Waals surface area contributed by atoms with Crippen LogP contribution in [0.5, 0.6) is 11.5 Å². The molecule has 0 saturated carbocycles. The highest BCUT2D eigenvalue weighted by Gasteiger charge is 2.24. The van der Waals surface area contributed by atoms with Crippen molar-refractivity contribution in [2.24, 2.45) is 5.92 Å². The Kier molecular flexibility index (Phi) is 5.15. The van der Waals surface area contributed by atoms with E-state index in [1.165, 1.54) is 11.8 Å². The topological polar surface area (TPSA) is 55.8 Å². The van der Waals surface area contributed by atoms with Crippen LogP contribution in [0.25, 0.3) is 6.08 Å². The predicted octanol–water partition coefficient (Wildman–Crippen LogP) is 2.23. The minimum atomic E-state index is -2.91. The maximum absolute atomic E-state index is 11.5. The maximum atomic E-state index is 11.5. The van der Waals surface area contributed by atoms with Gasteiger partial charge in [-0.2, -0.15) is 0 Å². The molecule has 0 unspecified atom stereocenters. The van der Waals surface area contributed by atoms with Gasteiger partial charge in [-0.25, -0.2) is 8.42 Å². The number of hydrogen-bond donors (Lipinski definition) is 0. The van der Waals surface area contributed by atoms with Gasteiger partial charge in [0.05, 0.1) is 12.9 Å². The van der Waals surface area contributed by atoms with Crippen molar-refractivity contribution in [1.82, 2.24) is 4.90 Å². The van der Waals surface area contributed by atoms with Gasteiger partial charge in [0.2, 0.25) is 0 Å². The first-order valence-corrected chi connectivity index (χ1v) is 10.4. The van der Waals surface area contributed by atoms with Crippen molar-refractivity contribution in [2.75, 3.05) is 45.4 Å². The molecule has 0 aromatic heterocycles. The lowest BCUT2D eigenvalue weighted by Gasteiger charge is -2.33. The van der Waals surface area contributed by atoms with Gasteiger partial charge >= 0.3 is 0 Å². The Morgan fingerprint density at radius 3 is 2.96 bits per heavy atom. The fourth-order valence-corrected chi connectivity index (χ4v) is 4.75. The van der Waals surface area contributed by atoms with Crippen LogP contribution in [0.15, 0.2) is 23.8 Å². The molecule has 132 valence electrons. The molecule has 1 aromatic rings. The summed E-state index contributed by atoms with van der Waals surface area (Å²) < 4.78 is 34.3.